The van der Waals surface area contributed by atoms with Gasteiger partial charge < -0.3 is 20.1 Å². The molecule has 1 atom stereocenters. The fourth-order valence-electron chi connectivity index (χ4n) is 2.79. The Hall–Kier alpha value is -2.55. The second-order valence-electron chi connectivity index (χ2n) is 5.92. The summed E-state index contributed by atoms with van der Waals surface area (Å²) in [6.07, 6.45) is 0. The molecule has 0 radical (unpaired) electrons. The van der Waals surface area contributed by atoms with Crippen LogP contribution >= 0.6 is 22.6 Å². The summed E-state index contributed by atoms with van der Waals surface area (Å²) in [7, 11) is 0. The molecule has 0 saturated carbocycles. The first-order valence-electron chi connectivity index (χ1n) is 8.43. The molecule has 27 heavy (non-hydrogen) atoms. The van der Waals surface area contributed by atoms with Crippen LogP contribution in [0.1, 0.15) is 18.5 Å². The lowest BCUT2D eigenvalue weighted by Gasteiger charge is -2.28. The number of hydrogen-bond donors (Lipinski definition) is 2. The Balaban J connectivity index is 1.68. The van der Waals surface area contributed by atoms with E-state index in [2.05, 4.69) is 33.2 Å². The maximum Gasteiger partial charge on any atom is 0.338 e. The van der Waals surface area contributed by atoms with E-state index in [-0.39, 0.29) is 19.2 Å². The van der Waals surface area contributed by atoms with E-state index in [9.17, 15) is 9.59 Å². The molecule has 2 aromatic rings. The van der Waals surface area contributed by atoms with E-state index >= 15 is 0 Å². The first-order chi connectivity index (χ1) is 13.0. The Morgan fingerprint density at radius 1 is 1.11 bits per heavy atom. The Morgan fingerprint density at radius 2 is 1.89 bits per heavy atom. The zero-order chi connectivity index (χ0) is 19.2. The summed E-state index contributed by atoms with van der Waals surface area (Å²) in [5.41, 5.74) is 1.69. The van der Waals surface area contributed by atoms with Crippen LogP contribution in [0.4, 0.5) is 4.79 Å². The lowest BCUT2D eigenvalue weighted by Crippen LogP contribution is -2.45. The van der Waals surface area contributed by atoms with Gasteiger partial charge in [0.15, 0.2) is 0 Å². The van der Waals surface area contributed by atoms with Gasteiger partial charge in [0.25, 0.3) is 0 Å². The number of hydrogen-bond acceptors (Lipinski definition) is 4. The zero-order valence-electron chi connectivity index (χ0n) is 14.7. The molecule has 0 saturated heterocycles. The van der Waals surface area contributed by atoms with Crippen molar-refractivity contribution in [2.75, 3.05) is 13.2 Å². The van der Waals surface area contributed by atoms with Gasteiger partial charge in [-0.05, 0) is 59.3 Å². The topological polar surface area (TPSA) is 76.7 Å². The molecule has 0 aliphatic carbocycles. The van der Waals surface area contributed by atoms with Crippen LogP contribution in [0.15, 0.2) is 65.9 Å². The van der Waals surface area contributed by atoms with Crippen LogP contribution in [0.5, 0.6) is 5.75 Å². The maximum absolute atomic E-state index is 12.7. The summed E-state index contributed by atoms with van der Waals surface area (Å²) in [5.74, 6) is 0.229. The molecule has 1 heterocycles. The maximum atomic E-state index is 12.7. The van der Waals surface area contributed by atoms with Crippen LogP contribution in [-0.2, 0) is 9.53 Å². The molecule has 7 heteroatoms. The van der Waals surface area contributed by atoms with E-state index in [1.165, 1.54) is 0 Å². The molecule has 0 aromatic heterocycles. The van der Waals surface area contributed by atoms with Crippen molar-refractivity contribution in [1.29, 1.82) is 0 Å². The van der Waals surface area contributed by atoms with Crippen molar-refractivity contribution in [3.8, 4) is 5.75 Å². The van der Waals surface area contributed by atoms with E-state index in [1.54, 1.807) is 6.92 Å². The van der Waals surface area contributed by atoms with E-state index in [4.69, 9.17) is 9.47 Å². The lowest BCUT2D eigenvalue weighted by atomic mass is 9.96. The monoisotopic (exact) mass is 478 g/mol. The molecule has 0 bridgehead atoms. The lowest BCUT2D eigenvalue weighted by molar-refractivity contribution is -0.140. The first-order valence-corrected chi connectivity index (χ1v) is 9.51. The third kappa shape index (κ3) is 5.00. The number of halogens is 1. The largest absolute Gasteiger partial charge is 0.490 e. The molecule has 2 aromatic carbocycles. The first kappa shape index (κ1) is 19.2. The van der Waals surface area contributed by atoms with Gasteiger partial charge in [0.2, 0.25) is 0 Å². The number of allylic oxidation sites excluding steroid dienone is 1. The molecule has 1 aliphatic heterocycles. The van der Waals surface area contributed by atoms with Gasteiger partial charge in [-0.1, -0.05) is 30.3 Å². The number of amides is 2. The van der Waals surface area contributed by atoms with Gasteiger partial charge in [0.05, 0.1) is 11.6 Å². The van der Waals surface area contributed by atoms with Crippen molar-refractivity contribution in [3.63, 3.8) is 0 Å². The van der Waals surface area contributed by atoms with Gasteiger partial charge in [-0.2, -0.15) is 0 Å². The highest BCUT2D eigenvalue weighted by molar-refractivity contribution is 14.1. The fourth-order valence-corrected chi connectivity index (χ4v) is 3.36. The van der Waals surface area contributed by atoms with Crippen LogP contribution in [0.25, 0.3) is 0 Å². The Kier molecular flexibility index (Phi) is 6.33. The van der Waals surface area contributed by atoms with E-state index < -0.39 is 12.0 Å². The smallest absolute Gasteiger partial charge is 0.338 e. The number of nitrogens with one attached hydrogen (secondary N) is 2. The van der Waals surface area contributed by atoms with Gasteiger partial charge in [-0.3, -0.25) is 0 Å². The minimum Gasteiger partial charge on any atom is -0.490 e. The molecule has 0 fully saturated rings. The summed E-state index contributed by atoms with van der Waals surface area (Å²) in [4.78, 5) is 24.6. The third-order valence-corrected chi connectivity index (χ3v) is 4.67. The second-order valence-corrected chi connectivity index (χ2v) is 7.17. The number of ether oxygens (including phenoxy) is 2. The van der Waals surface area contributed by atoms with Crippen molar-refractivity contribution < 1.29 is 19.1 Å². The molecule has 0 spiro atoms. The van der Waals surface area contributed by atoms with Gasteiger partial charge in [0.1, 0.15) is 19.0 Å². The van der Waals surface area contributed by atoms with Gasteiger partial charge in [0, 0.05) is 9.27 Å². The summed E-state index contributed by atoms with van der Waals surface area (Å²) < 4.78 is 11.9. The summed E-state index contributed by atoms with van der Waals surface area (Å²) in [6, 6.07) is 16.0. The highest BCUT2D eigenvalue weighted by Crippen LogP contribution is 2.28. The fraction of sp³-hybridized carbons (Fsp3) is 0.200. The van der Waals surface area contributed by atoms with Crippen molar-refractivity contribution in [2.24, 2.45) is 0 Å². The van der Waals surface area contributed by atoms with Crippen LogP contribution in [0.2, 0.25) is 0 Å². The normalized spacial score (nSPS) is 16.4. The van der Waals surface area contributed by atoms with Crippen molar-refractivity contribution in [2.45, 2.75) is 13.0 Å². The number of benzene rings is 2. The molecular formula is C20H19IN2O4. The number of rotatable bonds is 6. The number of carbonyl (C=O) groups excluding carboxylic acids is 2. The zero-order valence-corrected chi connectivity index (χ0v) is 16.9. The quantitative estimate of drug-likeness (QED) is 0.379. The van der Waals surface area contributed by atoms with Crippen LogP contribution < -0.4 is 15.4 Å². The Morgan fingerprint density at radius 3 is 2.63 bits per heavy atom. The van der Waals surface area contributed by atoms with Gasteiger partial charge >= 0.3 is 12.0 Å². The van der Waals surface area contributed by atoms with Crippen molar-refractivity contribution >= 4 is 34.6 Å². The van der Waals surface area contributed by atoms with Crippen LogP contribution in [-0.4, -0.2) is 25.2 Å². The summed E-state index contributed by atoms with van der Waals surface area (Å²) in [5, 5.41) is 5.43. The molecular weight excluding hydrogens is 459 g/mol. The van der Waals surface area contributed by atoms with E-state index in [1.807, 2.05) is 54.6 Å². The highest BCUT2D eigenvalue weighted by Gasteiger charge is 2.32. The Bertz CT molecular complexity index is 867. The van der Waals surface area contributed by atoms with Gasteiger partial charge in [-0.15, -0.1) is 0 Å². The standard InChI is InChI=1S/C20H19IN2O4/c1-13-17(19(24)27-11-10-26-16-8-3-2-4-9-16)18(23-20(25)22-13)14-6-5-7-15(21)12-14/h2-9,12,18H,10-11H2,1H3,(H2,22,23,25)/t18-/m0/s1. The minimum absolute atomic E-state index is 0.109. The molecule has 3 rings (SSSR count). The van der Waals surface area contributed by atoms with E-state index in [0.717, 1.165) is 9.13 Å². The van der Waals surface area contributed by atoms with Gasteiger partial charge in [-0.25, -0.2) is 9.59 Å². The molecule has 140 valence electrons. The third-order valence-electron chi connectivity index (χ3n) is 4.00. The average Bonchev–Trinajstić information content (AvgIpc) is 2.65. The molecule has 0 unspecified atom stereocenters. The second kappa shape index (κ2) is 8.90. The average molecular weight is 478 g/mol. The van der Waals surface area contributed by atoms with Crippen LogP contribution in [0, 0.1) is 3.57 Å². The Labute approximate surface area is 171 Å². The number of para-hydroxylation sites is 1. The minimum atomic E-state index is -0.559. The predicted octanol–water partition coefficient (Wildman–Crippen LogP) is 3.54. The molecule has 1 aliphatic rings. The van der Waals surface area contributed by atoms with Crippen LogP contribution in [0.3, 0.4) is 0 Å². The van der Waals surface area contributed by atoms with Crippen molar-refractivity contribution in [1.82, 2.24) is 10.6 Å². The van der Waals surface area contributed by atoms with E-state index in [0.29, 0.717) is 17.0 Å². The number of esters is 1. The summed E-state index contributed by atoms with van der Waals surface area (Å²) >= 11 is 2.19. The van der Waals surface area contributed by atoms with Crippen molar-refractivity contribution in [3.05, 3.63) is 75.0 Å². The predicted molar refractivity (Wildman–Crippen MR) is 109 cm³/mol. The summed E-state index contributed by atoms with van der Waals surface area (Å²) in [6.45, 7) is 2.05. The highest BCUT2D eigenvalue weighted by atomic mass is 127. The molecule has 6 nitrogen and oxygen atoms in total. The SMILES string of the molecule is CC1=C(C(=O)OCCOc2ccccc2)[C@H](c2cccc(I)c2)NC(=O)N1. The number of urea groups is 1. The number of carbonyl (C=O) groups is 2. The molecule has 2 amide bonds. The molecule has 2 N–H and O–H groups in total.